The van der Waals surface area contributed by atoms with Crippen LogP contribution in [0.5, 0.6) is 17.2 Å². The van der Waals surface area contributed by atoms with Crippen LogP contribution < -0.4 is 20.9 Å². The van der Waals surface area contributed by atoms with E-state index in [1.807, 2.05) is 30.3 Å². The molecule has 0 aliphatic heterocycles. The first kappa shape index (κ1) is 13.0. The first-order valence-electron chi connectivity index (χ1n) is 6.31. The molecule has 0 saturated heterocycles. The second-order valence-electron chi connectivity index (χ2n) is 4.40. The number of ether oxygens (including phenoxy) is 2. The van der Waals surface area contributed by atoms with E-state index >= 15 is 0 Å². The van der Waals surface area contributed by atoms with Crippen molar-refractivity contribution in [2.75, 3.05) is 18.6 Å². The number of hydrogen-bond donors (Lipinski definition) is 2. The summed E-state index contributed by atoms with van der Waals surface area (Å²) in [7, 11) is 1.60. The zero-order valence-corrected chi connectivity index (χ0v) is 11.4. The van der Waals surface area contributed by atoms with Crippen molar-refractivity contribution in [3.8, 4) is 17.2 Å². The number of benzene rings is 2. The monoisotopic (exact) mass is 282 g/mol. The molecular formula is C15H14N4O2. The minimum Gasteiger partial charge on any atom is -0.497 e. The molecule has 6 heteroatoms. The van der Waals surface area contributed by atoms with Gasteiger partial charge in [-0.05, 0) is 24.3 Å². The van der Waals surface area contributed by atoms with Crippen molar-refractivity contribution in [3.63, 3.8) is 0 Å². The van der Waals surface area contributed by atoms with Crippen molar-refractivity contribution in [3.05, 3.63) is 42.5 Å². The van der Waals surface area contributed by atoms with Gasteiger partial charge in [-0.15, -0.1) is 0 Å². The van der Waals surface area contributed by atoms with Gasteiger partial charge >= 0.3 is 0 Å². The van der Waals surface area contributed by atoms with Crippen LogP contribution in [0.4, 0.5) is 11.8 Å². The topological polar surface area (TPSA) is 96.3 Å². The van der Waals surface area contributed by atoms with E-state index in [2.05, 4.69) is 9.97 Å². The molecule has 0 unspecified atom stereocenters. The zero-order valence-electron chi connectivity index (χ0n) is 11.4. The molecule has 0 bridgehead atoms. The van der Waals surface area contributed by atoms with Crippen LogP contribution in [0.25, 0.3) is 10.9 Å². The van der Waals surface area contributed by atoms with Gasteiger partial charge in [0.2, 0.25) is 5.95 Å². The summed E-state index contributed by atoms with van der Waals surface area (Å²) in [6.45, 7) is 0. The van der Waals surface area contributed by atoms with Crippen molar-refractivity contribution in [2.24, 2.45) is 0 Å². The van der Waals surface area contributed by atoms with Gasteiger partial charge in [0.1, 0.15) is 23.1 Å². The molecule has 4 N–H and O–H groups in total. The number of nitrogens with two attached hydrogens (primary N) is 2. The number of rotatable bonds is 3. The Bertz CT molecular complexity index is 805. The second-order valence-corrected chi connectivity index (χ2v) is 4.40. The SMILES string of the molecule is COc1cccc(Oc2cccc3nc(N)nc(N)c23)c1. The molecule has 3 aromatic rings. The standard InChI is InChI=1S/C15H14N4O2/c1-20-9-4-2-5-10(8-9)21-12-7-3-6-11-13(12)14(16)19-15(17)18-11/h2-8H,1H3,(H4,16,17,18,19). The van der Waals surface area contributed by atoms with Crippen molar-refractivity contribution < 1.29 is 9.47 Å². The van der Waals surface area contributed by atoms with E-state index in [4.69, 9.17) is 20.9 Å². The lowest BCUT2D eigenvalue weighted by molar-refractivity contribution is 0.409. The summed E-state index contributed by atoms with van der Waals surface area (Å²) < 4.78 is 11.0. The number of anilines is 2. The number of aromatic nitrogens is 2. The lowest BCUT2D eigenvalue weighted by atomic mass is 10.2. The first-order valence-corrected chi connectivity index (χ1v) is 6.31. The maximum Gasteiger partial charge on any atom is 0.222 e. The molecular weight excluding hydrogens is 268 g/mol. The molecule has 0 spiro atoms. The second kappa shape index (κ2) is 5.16. The maximum absolute atomic E-state index is 5.93. The van der Waals surface area contributed by atoms with E-state index in [0.29, 0.717) is 28.2 Å². The Balaban J connectivity index is 2.08. The van der Waals surface area contributed by atoms with Crippen LogP contribution >= 0.6 is 0 Å². The fourth-order valence-electron chi connectivity index (χ4n) is 2.07. The Labute approximate surface area is 121 Å². The summed E-state index contributed by atoms with van der Waals surface area (Å²) in [6.07, 6.45) is 0. The normalized spacial score (nSPS) is 10.5. The van der Waals surface area contributed by atoms with Crippen LogP contribution in [-0.4, -0.2) is 17.1 Å². The number of nitrogen functional groups attached to an aromatic ring is 2. The lowest BCUT2D eigenvalue weighted by Crippen LogP contribution is -2.01. The Morgan fingerprint density at radius 3 is 2.52 bits per heavy atom. The highest BCUT2D eigenvalue weighted by molar-refractivity contribution is 5.94. The van der Waals surface area contributed by atoms with Crippen LogP contribution in [0, 0.1) is 0 Å². The van der Waals surface area contributed by atoms with Crippen molar-refractivity contribution in [2.45, 2.75) is 0 Å². The van der Waals surface area contributed by atoms with Crippen molar-refractivity contribution in [1.82, 2.24) is 9.97 Å². The molecule has 2 aromatic carbocycles. The van der Waals surface area contributed by atoms with Gasteiger partial charge in [-0.3, -0.25) is 0 Å². The highest BCUT2D eigenvalue weighted by Crippen LogP contribution is 2.33. The molecule has 0 amide bonds. The summed E-state index contributed by atoms with van der Waals surface area (Å²) in [6, 6.07) is 12.7. The molecule has 0 radical (unpaired) electrons. The van der Waals surface area contributed by atoms with E-state index in [1.54, 1.807) is 19.2 Å². The number of nitrogens with zero attached hydrogens (tertiary/aromatic N) is 2. The van der Waals surface area contributed by atoms with Gasteiger partial charge in [0.05, 0.1) is 18.0 Å². The van der Waals surface area contributed by atoms with E-state index < -0.39 is 0 Å². The minimum atomic E-state index is 0.138. The fourth-order valence-corrected chi connectivity index (χ4v) is 2.07. The zero-order chi connectivity index (χ0) is 14.8. The van der Waals surface area contributed by atoms with E-state index in [-0.39, 0.29) is 11.8 Å². The predicted molar refractivity (Wildman–Crippen MR) is 81.4 cm³/mol. The average Bonchev–Trinajstić information content (AvgIpc) is 2.47. The Hall–Kier alpha value is -3.02. The molecule has 0 atom stereocenters. The van der Waals surface area contributed by atoms with Gasteiger partial charge in [0.25, 0.3) is 0 Å². The van der Waals surface area contributed by atoms with Crippen LogP contribution in [0.15, 0.2) is 42.5 Å². The third-order valence-corrected chi connectivity index (χ3v) is 3.00. The number of methoxy groups -OCH3 is 1. The molecule has 106 valence electrons. The van der Waals surface area contributed by atoms with E-state index in [0.717, 1.165) is 0 Å². The average molecular weight is 282 g/mol. The predicted octanol–water partition coefficient (Wildman–Crippen LogP) is 2.60. The van der Waals surface area contributed by atoms with Crippen LogP contribution in [0.1, 0.15) is 0 Å². The molecule has 0 aliphatic rings. The third kappa shape index (κ3) is 2.51. The van der Waals surface area contributed by atoms with Gasteiger partial charge in [-0.25, -0.2) is 4.98 Å². The van der Waals surface area contributed by atoms with Gasteiger partial charge < -0.3 is 20.9 Å². The largest absolute Gasteiger partial charge is 0.497 e. The Morgan fingerprint density at radius 1 is 0.952 bits per heavy atom. The highest BCUT2D eigenvalue weighted by Gasteiger charge is 2.10. The quantitative estimate of drug-likeness (QED) is 0.766. The molecule has 1 heterocycles. The van der Waals surface area contributed by atoms with Gasteiger partial charge in [0.15, 0.2) is 0 Å². The Kier molecular flexibility index (Phi) is 3.19. The molecule has 0 aliphatic carbocycles. The fraction of sp³-hybridized carbons (Fsp3) is 0.0667. The lowest BCUT2D eigenvalue weighted by Gasteiger charge is -2.11. The summed E-state index contributed by atoms with van der Waals surface area (Å²) in [5, 5.41) is 0.634. The van der Waals surface area contributed by atoms with Crippen molar-refractivity contribution in [1.29, 1.82) is 0 Å². The molecule has 1 aromatic heterocycles. The molecule has 0 saturated carbocycles. The van der Waals surface area contributed by atoms with Gasteiger partial charge in [-0.1, -0.05) is 12.1 Å². The van der Waals surface area contributed by atoms with Crippen LogP contribution in [0.3, 0.4) is 0 Å². The highest BCUT2D eigenvalue weighted by atomic mass is 16.5. The van der Waals surface area contributed by atoms with Crippen LogP contribution in [-0.2, 0) is 0 Å². The number of fused-ring (bicyclic) bond motifs is 1. The van der Waals surface area contributed by atoms with E-state index in [9.17, 15) is 0 Å². The van der Waals surface area contributed by atoms with Crippen molar-refractivity contribution >= 4 is 22.7 Å². The molecule has 3 rings (SSSR count). The summed E-state index contributed by atoms with van der Waals surface area (Å²) in [5.74, 6) is 2.34. The summed E-state index contributed by atoms with van der Waals surface area (Å²) >= 11 is 0. The smallest absolute Gasteiger partial charge is 0.222 e. The first-order chi connectivity index (χ1) is 10.2. The maximum atomic E-state index is 5.93. The van der Waals surface area contributed by atoms with E-state index in [1.165, 1.54) is 0 Å². The summed E-state index contributed by atoms with van der Waals surface area (Å²) in [5.41, 5.74) is 12.2. The molecule has 0 fully saturated rings. The summed E-state index contributed by atoms with van der Waals surface area (Å²) in [4.78, 5) is 8.13. The molecule has 6 nitrogen and oxygen atoms in total. The minimum absolute atomic E-state index is 0.138. The third-order valence-electron chi connectivity index (χ3n) is 3.00. The Morgan fingerprint density at radius 2 is 1.71 bits per heavy atom. The van der Waals surface area contributed by atoms with Gasteiger partial charge in [-0.2, -0.15) is 4.98 Å². The molecule has 21 heavy (non-hydrogen) atoms. The van der Waals surface area contributed by atoms with Crippen LogP contribution in [0.2, 0.25) is 0 Å². The van der Waals surface area contributed by atoms with Gasteiger partial charge in [0, 0.05) is 6.07 Å². The number of hydrogen-bond acceptors (Lipinski definition) is 6.